The Bertz CT molecular complexity index is 1030. The molecule has 1 unspecified atom stereocenters. The molecule has 174 valence electrons. The van der Waals surface area contributed by atoms with E-state index in [1.807, 2.05) is 43.3 Å². The van der Waals surface area contributed by atoms with Crippen molar-refractivity contribution in [2.24, 2.45) is 16.8 Å². The highest BCUT2D eigenvalue weighted by Gasteiger charge is 2.34. The number of hydrogen-bond acceptors (Lipinski definition) is 5. The van der Waals surface area contributed by atoms with Gasteiger partial charge in [0.2, 0.25) is 5.91 Å². The number of nitrogens with two attached hydrogens (primary N) is 1. The van der Waals surface area contributed by atoms with E-state index in [9.17, 15) is 9.59 Å². The van der Waals surface area contributed by atoms with Crippen molar-refractivity contribution in [2.45, 2.75) is 39.2 Å². The number of likely N-dealkylation sites (tertiary alicyclic amines) is 1. The molecule has 1 fully saturated rings. The maximum Gasteiger partial charge on any atom is 0.257 e. The zero-order valence-corrected chi connectivity index (χ0v) is 19.4. The van der Waals surface area contributed by atoms with Gasteiger partial charge in [0.05, 0.1) is 24.9 Å². The molecule has 0 spiro atoms. The summed E-state index contributed by atoms with van der Waals surface area (Å²) in [6, 6.07) is 16.0. The first-order valence-corrected chi connectivity index (χ1v) is 11.7. The smallest absolute Gasteiger partial charge is 0.257 e. The van der Waals surface area contributed by atoms with Crippen LogP contribution in [0, 0.1) is 12.8 Å². The lowest BCUT2D eigenvalue weighted by Crippen LogP contribution is -2.43. The topological polar surface area (TPSA) is 88.2 Å². The second-order valence-corrected chi connectivity index (χ2v) is 8.83. The van der Waals surface area contributed by atoms with E-state index in [1.54, 1.807) is 5.01 Å². The molecule has 2 aliphatic heterocycles. The van der Waals surface area contributed by atoms with Crippen molar-refractivity contribution in [3.8, 4) is 5.75 Å². The number of primary amides is 1. The highest BCUT2D eigenvalue weighted by atomic mass is 16.5. The Morgan fingerprint density at radius 3 is 2.48 bits per heavy atom. The summed E-state index contributed by atoms with van der Waals surface area (Å²) in [5.41, 5.74) is 9.60. The van der Waals surface area contributed by atoms with Gasteiger partial charge in [-0.2, -0.15) is 5.10 Å². The molecule has 0 aromatic heterocycles. The largest absolute Gasteiger partial charge is 0.494 e. The van der Waals surface area contributed by atoms with Crippen LogP contribution >= 0.6 is 0 Å². The average Bonchev–Trinajstić information content (AvgIpc) is 3.26. The molecular formula is C26H32N4O3. The Morgan fingerprint density at radius 2 is 1.85 bits per heavy atom. The number of aryl methyl sites for hydroxylation is 1. The van der Waals surface area contributed by atoms with E-state index >= 15 is 0 Å². The first kappa shape index (κ1) is 23.0. The van der Waals surface area contributed by atoms with Gasteiger partial charge in [0, 0.05) is 12.3 Å². The number of hydrazone groups is 1. The molecule has 2 aliphatic rings. The van der Waals surface area contributed by atoms with Crippen LogP contribution < -0.4 is 10.5 Å². The summed E-state index contributed by atoms with van der Waals surface area (Å²) in [7, 11) is 0. The van der Waals surface area contributed by atoms with Gasteiger partial charge in [-0.05, 0) is 63.0 Å². The standard InChI is InChI=1S/C26H32N4O3/c1-3-33-22-9-7-19(8-10-22)24-16-23(21-6-4-5-18(2)15-21)28-30(24)25(31)17-29-13-11-20(12-14-29)26(27)32/h4-10,15,20,24H,3,11-14,16-17H2,1-2H3,(H2,27,32). The minimum absolute atomic E-state index is 0.0333. The van der Waals surface area contributed by atoms with Crippen LogP contribution in [0.3, 0.4) is 0 Å². The van der Waals surface area contributed by atoms with Gasteiger partial charge in [0.15, 0.2) is 0 Å². The number of amides is 2. The maximum absolute atomic E-state index is 13.4. The third-order valence-electron chi connectivity index (χ3n) is 6.44. The molecule has 0 radical (unpaired) electrons. The monoisotopic (exact) mass is 448 g/mol. The molecule has 7 heteroatoms. The van der Waals surface area contributed by atoms with Gasteiger partial charge < -0.3 is 10.5 Å². The lowest BCUT2D eigenvalue weighted by Gasteiger charge is -2.31. The van der Waals surface area contributed by atoms with Crippen molar-refractivity contribution < 1.29 is 14.3 Å². The van der Waals surface area contributed by atoms with Crippen LogP contribution in [0.4, 0.5) is 0 Å². The van der Waals surface area contributed by atoms with Gasteiger partial charge in [-0.1, -0.05) is 42.0 Å². The predicted molar refractivity (Wildman–Crippen MR) is 128 cm³/mol. The summed E-state index contributed by atoms with van der Waals surface area (Å²) in [5, 5.41) is 6.44. The van der Waals surface area contributed by atoms with Crippen LogP contribution in [0.2, 0.25) is 0 Å². The first-order valence-electron chi connectivity index (χ1n) is 11.7. The summed E-state index contributed by atoms with van der Waals surface area (Å²) >= 11 is 0. The second kappa shape index (κ2) is 10.2. The Hall–Kier alpha value is -3.19. The SMILES string of the molecule is CCOc1ccc(C2CC(c3cccc(C)c3)=NN2C(=O)CN2CCC(C(N)=O)CC2)cc1. The summed E-state index contributed by atoms with van der Waals surface area (Å²) in [5.74, 6) is 0.442. The van der Waals surface area contributed by atoms with Gasteiger partial charge in [-0.15, -0.1) is 0 Å². The minimum atomic E-state index is -0.247. The molecule has 4 rings (SSSR count). The average molecular weight is 449 g/mol. The Balaban J connectivity index is 1.53. The van der Waals surface area contributed by atoms with E-state index in [4.69, 9.17) is 15.6 Å². The third kappa shape index (κ3) is 5.42. The van der Waals surface area contributed by atoms with E-state index in [-0.39, 0.29) is 30.3 Å². The Morgan fingerprint density at radius 1 is 1.12 bits per heavy atom. The van der Waals surface area contributed by atoms with Crippen molar-refractivity contribution >= 4 is 17.5 Å². The molecule has 2 N–H and O–H groups in total. The summed E-state index contributed by atoms with van der Waals surface area (Å²) in [6.07, 6.45) is 2.05. The molecule has 0 saturated carbocycles. The maximum atomic E-state index is 13.4. The lowest BCUT2D eigenvalue weighted by molar-refractivity contribution is -0.134. The van der Waals surface area contributed by atoms with E-state index in [1.165, 1.54) is 0 Å². The van der Waals surface area contributed by atoms with Crippen molar-refractivity contribution in [3.05, 3.63) is 65.2 Å². The van der Waals surface area contributed by atoms with Crippen molar-refractivity contribution in [1.82, 2.24) is 9.91 Å². The quantitative estimate of drug-likeness (QED) is 0.704. The second-order valence-electron chi connectivity index (χ2n) is 8.83. The zero-order valence-electron chi connectivity index (χ0n) is 19.4. The number of ether oxygens (including phenoxy) is 1. The zero-order chi connectivity index (χ0) is 23.4. The van der Waals surface area contributed by atoms with Crippen LogP contribution in [0.15, 0.2) is 53.6 Å². The Labute approximate surface area is 195 Å². The van der Waals surface area contributed by atoms with Crippen molar-refractivity contribution in [3.63, 3.8) is 0 Å². The predicted octanol–water partition coefficient (Wildman–Crippen LogP) is 3.27. The van der Waals surface area contributed by atoms with E-state index in [0.29, 0.717) is 39.0 Å². The third-order valence-corrected chi connectivity index (χ3v) is 6.44. The molecule has 2 aromatic carbocycles. The fraction of sp³-hybridized carbons (Fsp3) is 0.423. The van der Waals surface area contributed by atoms with E-state index < -0.39 is 0 Å². The molecule has 0 bridgehead atoms. The van der Waals surface area contributed by atoms with Crippen LogP contribution in [-0.2, 0) is 9.59 Å². The number of carbonyl (C=O) groups excluding carboxylic acids is 2. The van der Waals surface area contributed by atoms with Gasteiger partial charge >= 0.3 is 0 Å². The van der Waals surface area contributed by atoms with E-state index in [2.05, 4.69) is 24.0 Å². The molecule has 2 amide bonds. The molecule has 33 heavy (non-hydrogen) atoms. The molecule has 0 aliphatic carbocycles. The molecular weight excluding hydrogens is 416 g/mol. The number of carbonyl (C=O) groups is 2. The normalized spacial score (nSPS) is 19.4. The number of piperidine rings is 1. The van der Waals surface area contributed by atoms with Crippen molar-refractivity contribution in [2.75, 3.05) is 26.2 Å². The fourth-order valence-electron chi connectivity index (χ4n) is 4.59. The minimum Gasteiger partial charge on any atom is -0.494 e. The number of nitrogens with zero attached hydrogens (tertiary/aromatic N) is 3. The summed E-state index contributed by atoms with van der Waals surface area (Å²) < 4.78 is 5.58. The summed E-state index contributed by atoms with van der Waals surface area (Å²) in [4.78, 5) is 26.9. The van der Waals surface area contributed by atoms with Crippen LogP contribution in [0.25, 0.3) is 0 Å². The van der Waals surface area contributed by atoms with Gasteiger partial charge in [-0.25, -0.2) is 5.01 Å². The van der Waals surface area contributed by atoms with Crippen LogP contribution in [0.5, 0.6) is 5.75 Å². The first-order chi connectivity index (χ1) is 15.9. The number of hydrogen-bond donors (Lipinski definition) is 1. The van der Waals surface area contributed by atoms with Gasteiger partial charge in [-0.3, -0.25) is 14.5 Å². The summed E-state index contributed by atoms with van der Waals surface area (Å²) in [6.45, 7) is 6.29. The molecule has 7 nitrogen and oxygen atoms in total. The number of rotatable bonds is 7. The number of benzene rings is 2. The van der Waals surface area contributed by atoms with Gasteiger partial charge in [0.1, 0.15) is 5.75 Å². The molecule has 1 saturated heterocycles. The van der Waals surface area contributed by atoms with Crippen molar-refractivity contribution in [1.29, 1.82) is 0 Å². The molecule has 1 atom stereocenters. The van der Waals surface area contributed by atoms with Gasteiger partial charge in [0.25, 0.3) is 5.91 Å². The van der Waals surface area contributed by atoms with E-state index in [0.717, 1.165) is 28.2 Å². The molecule has 2 heterocycles. The highest BCUT2D eigenvalue weighted by Crippen LogP contribution is 2.34. The fourth-order valence-corrected chi connectivity index (χ4v) is 4.59. The van der Waals surface area contributed by atoms with Crippen LogP contribution in [-0.4, -0.2) is 53.7 Å². The van der Waals surface area contributed by atoms with Crippen LogP contribution in [0.1, 0.15) is 48.9 Å². The molecule has 2 aromatic rings. The lowest BCUT2D eigenvalue weighted by atomic mass is 9.96. The highest BCUT2D eigenvalue weighted by molar-refractivity contribution is 6.03. The Kier molecular flexibility index (Phi) is 7.08.